The fraction of sp³-hybridized carbons (Fsp3) is 0.278. The summed E-state index contributed by atoms with van der Waals surface area (Å²) in [4.78, 5) is 12.3. The molecule has 0 spiro atoms. The van der Waals surface area contributed by atoms with Crippen molar-refractivity contribution in [3.8, 4) is 0 Å². The van der Waals surface area contributed by atoms with E-state index in [-0.39, 0.29) is 17.6 Å². The van der Waals surface area contributed by atoms with Crippen molar-refractivity contribution in [2.45, 2.75) is 19.3 Å². The summed E-state index contributed by atoms with van der Waals surface area (Å²) in [6, 6.07) is 12.6. The zero-order chi connectivity index (χ0) is 15.5. The second-order valence-electron chi connectivity index (χ2n) is 5.69. The molecule has 114 valence electrons. The molecule has 0 bridgehead atoms. The standard InChI is InChI=1S/C18H17BrFNO/c19-16-4-3-13-9-15(10-14(13)11-16)18(22)21-8-7-12-1-5-17(20)6-2-12/h1-6,11,15H,7-10H2,(H,21,22). The quantitative estimate of drug-likeness (QED) is 0.884. The molecule has 2 aromatic carbocycles. The molecule has 2 aromatic rings. The van der Waals surface area contributed by atoms with Crippen LogP contribution >= 0.6 is 15.9 Å². The smallest absolute Gasteiger partial charge is 0.223 e. The van der Waals surface area contributed by atoms with Gasteiger partial charge in [-0.1, -0.05) is 34.1 Å². The highest BCUT2D eigenvalue weighted by Gasteiger charge is 2.27. The number of rotatable bonds is 4. The van der Waals surface area contributed by atoms with E-state index in [4.69, 9.17) is 0 Å². The van der Waals surface area contributed by atoms with Crippen molar-refractivity contribution in [1.29, 1.82) is 0 Å². The van der Waals surface area contributed by atoms with Crippen molar-refractivity contribution in [3.63, 3.8) is 0 Å². The Hall–Kier alpha value is -1.68. The Morgan fingerprint density at radius 1 is 1.14 bits per heavy atom. The third-order valence-electron chi connectivity index (χ3n) is 4.10. The molecule has 1 aliphatic carbocycles. The fourth-order valence-corrected chi connectivity index (χ4v) is 3.31. The zero-order valence-corrected chi connectivity index (χ0v) is 13.7. The molecule has 1 amide bonds. The Morgan fingerprint density at radius 3 is 2.64 bits per heavy atom. The molecule has 0 radical (unpaired) electrons. The van der Waals surface area contributed by atoms with Gasteiger partial charge in [0.1, 0.15) is 5.82 Å². The van der Waals surface area contributed by atoms with Gasteiger partial charge in [0.15, 0.2) is 0 Å². The van der Waals surface area contributed by atoms with E-state index in [9.17, 15) is 9.18 Å². The minimum absolute atomic E-state index is 0.0255. The zero-order valence-electron chi connectivity index (χ0n) is 12.1. The Labute approximate surface area is 137 Å². The Morgan fingerprint density at radius 2 is 1.86 bits per heavy atom. The lowest BCUT2D eigenvalue weighted by atomic mass is 10.1. The number of carbonyl (C=O) groups is 1. The Bertz CT molecular complexity index is 684. The van der Waals surface area contributed by atoms with E-state index in [0.717, 1.165) is 29.3 Å². The first-order valence-electron chi connectivity index (χ1n) is 7.41. The summed E-state index contributed by atoms with van der Waals surface area (Å²) in [6.45, 7) is 0.584. The number of nitrogens with one attached hydrogen (secondary N) is 1. The molecule has 22 heavy (non-hydrogen) atoms. The van der Waals surface area contributed by atoms with Crippen LogP contribution < -0.4 is 5.32 Å². The second-order valence-corrected chi connectivity index (χ2v) is 6.60. The summed E-state index contributed by atoms with van der Waals surface area (Å²) in [5.74, 6) is -0.102. The van der Waals surface area contributed by atoms with Crippen LogP contribution in [0.5, 0.6) is 0 Å². The largest absolute Gasteiger partial charge is 0.356 e. The van der Waals surface area contributed by atoms with Crippen molar-refractivity contribution in [2.75, 3.05) is 6.54 Å². The average Bonchev–Trinajstić information content (AvgIpc) is 2.92. The maximum Gasteiger partial charge on any atom is 0.223 e. The van der Waals surface area contributed by atoms with Gasteiger partial charge in [0.05, 0.1) is 0 Å². The van der Waals surface area contributed by atoms with Crippen molar-refractivity contribution in [1.82, 2.24) is 5.32 Å². The van der Waals surface area contributed by atoms with Crippen LogP contribution in [0.3, 0.4) is 0 Å². The number of benzene rings is 2. The molecule has 1 N–H and O–H groups in total. The van der Waals surface area contributed by atoms with Gasteiger partial charge in [0.25, 0.3) is 0 Å². The lowest BCUT2D eigenvalue weighted by Gasteiger charge is -2.10. The molecular weight excluding hydrogens is 345 g/mol. The average molecular weight is 362 g/mol. The van der Waals surface area contributed by atoms with Crippen molar-refractivity contribution in [3.05, 3.63) is 69.4 Å². The molecule has 0 aliphatic heterocycles. The highest BCUT2D eigenvalue weighted by atomic mass is 79.9. The number of hydrogen-bond donors (Lipinski definition) is 1. The van der Waals surface area contributed by atoms with Gasteiger partial charge in [0.2, 0.25) is 5.91 Å². The minimum Gasteiger partial charge on any atom is -0.356 e. The van der Waals surface area contributed by atoms with Gasteiger partial charge in [-0.05, 0) is 60.2 Å². The van der Waals surface area contributed by atoms with Gasteiger partial charge in [-0.2, -0.15) is 0 Å². The van der Waals surface area contributed by atoms with Gasteiger partial charge >= 0.3 is 0 Å². The van der Waals surface area contributed by atoms with Crippen molar-refractivity contribution in [2.24, 2.45) is 5.92 Å². The maximum atomic E-state index is 12.8. The molecule has 0 saturated heterocycles. The van der Waals surface area contributed by atoms with Crippen LogP contribution in [0.2, 0.25) is 0 Å². The molecule has 0 aromatic heterocycles. The predicted octanol–water partition coefficient (Wildman–Crippen LogP) is 3.66. The van der Waals surface area contributed by atoms with Gasteiger partial charge in [0, 0.05) is 16.9 Å². The van der Waals surface area contributed by atoms with Crippen LogP contribution in [-0.4, -0.2) is 12.5 Å². The van der Waals surface area contributed by atoms with E-state index in [2.05, 4.69) is 33.4 Å². The molecule has 0 fully saturated rings. The highest BCUT2D eigenvalue weighted by molar-refractivity contribution is 9.10. The van der Waals surface area contributed by atoms with Gasteiger partial charge in [-0.25, -0.2) is 4.39 Å². The van der Waals surface area contributed by atoms with Crippen molar-refractivity contribution < 1.29 is 9.18 Å². The number of hydrogen-bond acceptors (Lipinski definition) is 1. The van der Waals surface area contributed by atoms with Gasteiger partial charge in [-0.3, -0.25) is 4.79 Å². The lowest BCUT2D eigenvalue weighted by molar-refractivity contribution is -0.124. The van der Waals surface area contributed by atoms with E-state index in [1.54, 1.807) is 12.1 Å². The molecule has 1 atom stereocenters. The van der Waals surface area contributed by atoms with E-state index >= 15 is 0 Å². The number of carbonyl (C=O) groups excluding carboxylic acids is 1. The van der Waals surface area contributed by atoms with E-state index in [1.165, 1.54) is 23.3 Å². The molecule has 1 aliphatic rings. The second kappa shape index (κ2) is 6.61. The number of halogens is 2. The molecule has 1 unspecified atom stereocenters. The summed E-state index contributed by atoms with van der Waals surface area (Å²) >= 11 is 3.47. The molecule has 4 heteroatoms. The van der Waals surface area contributed by atoms with Crippen molar-refractivity contribution >= 4 is 21.8 Å². The summed E-state index contributed by atoms with van der Waals surface area (Å²) in [6.07, 6.45) is 2.33. The third kappa shape index (κ3) is 3.55. The van der Waals surface area contributed by atoms with Crippen LogP contribution in [0.15, 0.2) is 46.9 Å². The first-order chi connectivity index (χ1) is 10.6. The molecule has 2 nitrogen and oxygen atoms in total. The van der Waals surface area contributed by atoms with E-state index in [0.29, 0.717) is 6.54 Å². The molecule has 0 heterocycles. The number of fused-ring (bicyclic) bond motifs is 1. The first kappa shape index (κ1) is 15.2. The molecular formula is C18H17BrFNO. The first-order valence-corrected chi connectivity index (χ1v) is 8.20. The topological polar surface area (TPSA) is 29.1 Å². The predicted molar refractivity (Wildman–Crippen MR) is 88.2 cm³/mol. The van der Waals surface area contributed by atoms with Crippen LogP contribution in [0.25, 0.3) is 0 Å². The van der Waals surface area contributed by atoms with E-state index in [1.807, 2.05) is 6.07 Å². The van der Waals surface area contributed by atoms with Crippen LogP contribution in [0, 0.1) is 11.7 Å². The van der Waals surface area contributed by atoms with E-state index < -0.39 is 0 Å². The monoisotopic (exact) mass is 361 g/mol. The van der Waals surface area contributed by atoms with Crippen LogP contribution in [0.1, 0.15) is 16.7 Å². The highest BCUT2D eigenvalue weighted by Crippen LogP contribution is 2.29. The molecule has 3 rings (SSSR count). The Balaban J connectivity index is 1.50. The number of amides is 1. The minimum atomic E-state index is -0.234. The summed E-state index contributed by atoms with van der Waals surface area (Å²) in [7, 11) is 0. The van der Waals surface area contributed by atoms with Crippen LogP contribution in [-0.2, 0) is 24.1 Å². The third-order valence-corrected chi connectivity index (χ3v) is 4.59. The van der Waals surface area contributed by atoms with Gasteiger partial charge < -0.3 is 5.32 Å². The maximum absolute atomic E-state index is 12.8. The fourth-order valence-electron chi connectivity index (χ4n) is 2.90. The SMILES string of the molecule is O=C(NCCc1ccc(F)cc1)C1Cc2ccc(Br)cc2C1. The normalized spacial score (nSPS) is 16.4. The summed E-state index contributed by atoms with van der Waals surface area (Å²) in [5, 5.41) is 2.99. The lowest BCUT2D eigenvalue weighted by Crippen LogP contribution is -2.32. The molecule has 0 saturated carbocycles. The summed E-state index contributed by atoms with van der Waals surface area (Å²) in [5.41, 5.74) is 3.55. The van der Waals surface area contributed by atoms with Crippen LogP contribution in [0.4, 0.5) is 4.39 Å². The Kier molecular flexibility index (Phi) is 4.57. The summed E-state index contributed by atoms with van der Waals surface area (Å²) < 4.78 is 13.9. The van der Waals surface area contributed by atoms with Gasteiger partial charge in [-0.15, -0.1) is 0 Å².